The Labute approximate surface area is 147 Å². The lowest BCUT2D eigenvalue weighted by Crippen LogP contribution is -2.21. The van der Waals surface area contributed by atoms with Crippen molar-refractivity contribution in [2.24, 2.45) is 0 Å². The molecule has 9 heteroatoms. The van der Waals surface area contributed by atoms with Gasteiger partial charge in [-0.05, 0) is 18.2 Å². The van der Waals surface area contributed by atoms with Crippen LogP contribution in [0.2, 0.25) is 10.0 Å². The number of rotatable bonds is 5. The van der Waals surface area contributed by atoms with Crippen molar-refractivity contribution in [1.29, 1.82) is 0 Å². The normalized spacial score (nSPS) is 10.1. The van der Waals surface area contributed by atoms with Gasteiger partial charge in [0.25, 0.3) is 5.91 Å². The fraction of sp³-hybridized carbons (Fsp3) is 0.133. The minimum absolute atomic E-state index is 0.0914. The van der Waals surface area contributed by atoms with Gasteiger partial charge < -0.3 is 19.9 Å². The lowest BCUT2D eigenvalue weighted by atomic mass is 10.2. The Morgan fingerprint density at radius 3 is 2.67 bits per heavy atom. The molecule has 24 heavy (non-hydrogen) atoms. The number of carbonyl (C=O) groups is 2. The van der Waals surface area contributed by atoms with E-state index in [2.05, 4.69) is 10.3 Å². The lowest BCUT2D eigenvalue weighted by molar-refractivity contribution is -0.119. The van der Waals surface area contributed by atoms with Crippen molar-refractivity contribution in [3.05, 3.63) is 46.1 Å². The van der Waals surface area contributed by atoms with Gasteiger partial charge >= 0.3 is 5.97 Å². The van der Waals surface area contributed by atoms with Crippen LogP contribution in [0.5, 0.6) is 11.5 Å². The number of halogens is 2. The number of carbonyl (C=O) groups excluding carboxylic acids is 2. The third kappa shape index (κ3) is 4.50. The molecule has 1 aromatic carbocycles. The van der Waals surface area contributed by atoms with Crippen molar-refractivity contribution in [3.8, 4) is 11.5 Å². The Bertz CT molecular complexity index is 782. The van der Waals surface area contributed by atoms with Gasteiger partial charge in [-0.3, -0.25) is 4.79 Å². The van der Waals surface area contributed by atoms with Crippen LogP contribution >= 0.6 is 23.2 Å². The minimum Gasteiger partial charge on any atom is -0.507 e. The van der Waals surface area contributed by atoms with Crippen LogP contribution in [0.25, 0.3) is 0 Å². The number of benzene rings is 1. The van der Waals surface area contributed by atoms with Gasteiger partial charge in [-0.2, -0.15) is 0 Å². The second-order valence-electron chi connectivity index (χ2n) is 4.49. The molecule has 1 amide bonds. The molecule has 126 valence electrons. The number of phenols is 1. The monoisotopic (exact) mass is 370 g/mol. The highest BCUT2D eigenvalue weighted by atomic mass is 35.5. The third-order valence-corrected chi connectivity index (χ3v) is 3.32. The molecule has 7 nitrogen and oxygen atoms in total. The number of aromatic nitrogens is 1. The number of hydrogen-bond acceptors (Lipinski definition) is 6. The molecule has 2 N–H and O–H groups in total. The van der Waals surface area contributed by atoms with Crippen molar-refractivity contribution in [2.45, 2.75) is 0 Å². The summed E-state index contributed by atoms with van der Waals surface area (Å²) in [6.07, 6.45) is 1.31. The van der Waals surface area contributed by atoms with E-state index in [0.717, 1.165) is 0 Å². The molecule has 1 heterocycles. The van der Waals surface area contributed by atoms with Gasteiger partial charge in [-0.1, -0.05) is 23.2 Å². The van der Waals surface area contributed by atoms with Crippen molar-refractivity contribution in [1.82, 2.24) is 4.98 Å². The molecule has 0 spiro atoms. The summed E-state index contributed by atoms with van der Waals surface area (Å²) in [6.45, 7) is -0.578. The Kier molecular flexibility index (Phi) is 5.83. The maximum absolute atomic E-state index is 11.9. The zero-order chi connectivity index (χ0) is 17.7. The van der Waals surface area contributed by atoms with Crippen molar-refractivity contribution in [3.63, 3.8) is 0 Å². The molecule has 0 atom stereocenters. The van der Waals surface area contributed by atoms with Gasteiger partial charge in [0.2, 0.25) is 0 Å². The molecular weight excluding hydrogens is 359 g/mol. The topological polar surface area (TPSA) is 97.8 Å². The maximum Gasteiger partial charge on any atom is 0.342 e. The lowest BCUT2D eigenvalue weighted by Gasteiger charge is -2.09. The number of nitrogens with zero attached hydrogens (tertiary/aromatic N) is 1. The van der Waals surface area contributed by atoms with E-state index in [4.69, 9.17) is 32.7 Å². The highest BCUT2D eigenvalue weighted by molar-refractivity contribution is 6.36. The molecular formula is C15H12Cl2N2O5. The fourth-order valence-corrected chi connectivity index (χ4v) is 2.12. The summed E-state index contributed by atoms with van der Waals surface area (Å²) >= 11 is 11.6. The van der Waals surface area contributed by atoms with Gasteiger partial charge in [0.05, 0.1) is 17.2 Å². The number of nitrogens with one attached hydrogen (secondary N) is 1. The maximum atomic E-state index is 11.9. The number of pyridine rings is 1. The first kappa shape index (κ1) is 17.8. The number of aromatic hydroxyl groups is 1. The molecule has 0 saturated heterocycles. The quantitative estimate of drug-likeness (QED) is 0.785. The smallest absolute Gasteiger partial charge is 0.342 e. The van der Waals surface area contributed by atoms with Gasteiger partial charge in [0.1, 0.15) is 17.1 Å². The van der Waals surface area contributed by atoms with E-state index >= 15 is 0 Å². The first-order valence-electron chi connectivity index (χ1n) is 6.55. The second-order valence-corrected chi connectivity index (χ2v) is 5.33. The second kappa shape index (κ2) is 7.85. The average Bonchev–Trinajstić information content (AvgIpc) is 2.55. The highest BCUT2D eigenvalue weighted by Crippen LogP contribution is 2.24. The number of phenolic OH excluding ortho intramolecular Hbond substituents is 1. The van der Waals surface area contributed by atoms with Crippen LogP contribution in [0, 0.1) is 0 Å². The van der Waals surface area contributed by atoms with E-state index in [1.807, 2.05) is 0 Å². The molecule has 0 bridgehead atoms. The summed E-state index contributed by atoms with van der Waals surface area (Å²) < 4.78 is 9.74. The Morgan fingerprint density at radius 1 is 1.29 bits per heavy atom. The third-order valence-electron chi connectivity index (χ3n) is 2.82. The summed E-state index contributed by atoms with van der Waals surface area (Å²) in [5, 5.41) is 12.6. The predicted molar refractivity (Wildman–Crippen MR) is 87.8 cm³/mol. The van der Waals surface area contributed by atoms with Gasteiger partial charge in [0.15, 0.2) is 12.4 Å². The van der Waals surface area contributed by atoms with Crippen LogP contribution in [0.1, 0.15) is 10.4 Å². The van der Waals surface area contributed by atoms with Gasteiger partial charge in [-0.15, -0.1) is 0 Å². The molecule has 0 unspecified atom stereocenters. The standard InChI is InChI=1S/C15H12Cl2N2O5/c1-23-9-2-3-10(12(20)5-9)15(22)24-7-13(21)19-14-11(17)4-8(16)6-18-14/h2-6,20H,7H2,1H3,(H,18,19,21). The van der Waals surface area contributed by atoms with Crippen molar-refractivity contribution < 1.29 is 24.2 Å². The molecule has 1 aromatic heterocycles. The van der Waals surface area contributed by atoms with Crippen LogP contribution in [-0.4, -0.2) is 35.7 Å². The molecule has 0 aliphatic carbocycles. The average molecular weight is 371 g/mol. The molecule has 2 rings (SSSR count). The SMILES string of the molecule is COc1ccc(C(=O)OCC(=O)Nc2ncc(Cl)cc2Cl)c(O)c1. The summed E-state index contributed by atoms with van der Waals surface area (Å²) in [7, 11) is 1.42. The predicted octanol–water partition coefficient (Wildman–Crippen LogP) is 2.90. The van der Waals surface area contributed by atoms with Crippen molar-refractivity contribution >= 4 is 40.9 Å². The summed E-state index contributed by atoms with van der Waals surface area (Å²) in [6, 6.07) is 5.47. The number of methoxy groups -OCH3 is 1. The first-order valence-corrected chi connectivity index (χ1v) is 7.31. The molecule has 0 aliphatic heterocycles. The summed E-state index contributed by atoms with van der Waals surface area (Å²) in [5.74, 6) is -1.35. The Morgan fingerprint density at radius 2 is 2.04 bits per heavy atom. The van der Waals surface area contributed by atoms with Crippen LogP contribution < -0.4 is 10.1 Å². The van der Waals surface area contributed by atoms with Crippen LogP contribution in [0.3, 0.4) is 0 Å². The van der Waals surface area contributed by atoms with E-state index in [1.165, 1.54) is 37.6 Å². The van der Waals surface area contributed by atoms with Gasteiger partial charge in [0, 0.05) is 12.3 Å². The van der Waals surface area contributed by atoms with E-state index in [-0.39, 0.29) is 22.2 Å². The number of amides is 1. The zero-order valence-corrected chi connectivity index (χ0v) is 13.9. The Balaban J connectivity index is 1.95. The number of esters is 1. The number of anilines is 1. The van der Waals surface area contributed by atoms with Crippen molar-refractivity contribution in [2.75, 3.05) is 19.0 Å². The van der Waals surface area contributed by atoms with E-state index in [9.17, 15) is 14.7 Å². The number of hydrogen-bond donors (Lipinski definition) is 2. The van der Waals surface area contributed by atoms with E-state index < -0.39 is 18.5 Å². The molecule has 0 aliphatic rings. The minimum atomic E-state index is -0.861. The van der Waals surface area contributed by atoms with Crippen LogP contribution in [0.4, 0.5) is 5.82 Å². The largest absolute Gasteiger partial charge is 0.507 e. The summed E-state index contributed by atoms with van der Waals surface area (Å²) in [5.41, 5.74) is -0.0914. The highest BCUT2D eigenvalue weighted by Gasteiger charge is 2.16. The molecule has 2 aromatic rings. The van der Waals surface area contributed by atoms with E-state index in [0.29, 0.717) is 10.8 Å². The number of ether oxygens (including phenoxy) is 2. The molecule has 0 radical (unpaired) electrons. The van der Waals surface area contributed by atoms with Crippen LogP contribution in [-0.2, 0) is 9.53 Å². The fourth-order valence-electron chi connectivity index (χ4n) is 1.69. The van der Waals surface area contributed by atoms with Gasteiger partial charge in [-0.25, -0.2) is 9.78 Å². The van der Waals surface area contributed by atoms with E-state index in [1.54, 1.807) is 0 Å². The van der Waals surface area contributed by atoms with Crippen LogP contribution in [0.15, 0.2) is 30.5 Å². The summed E-state index contributed by atoms with van der Waals surface area (Å²) in [4.78, 5) is 27.5. The molecule has 0 saturated carbocycles. The zero-order valence-electron chi connectivity index (χ0n) is 12.4. The first-order chi connectivity index (χ1) is 11.4. The molecule has 0 fully saturated rings. The Hall–Kier alpha value is -2.51.